The molecule has 1 amide bonds. The number of nitrogens with two attached hydrogens (primary N) is 1. The molecule has 6 heteroatoms. The molecule has 0 atom stereocenters. The Balaban J connectivity index is 2.21. The highest BCUT2D eigenvalue weighted by atomic mass is 32.1. The van der Waals surface area contributed by atoms with Crippen molar-refractivity contribution in [3.05, 3.63) is 21.9 Å². The predicted octanol–water partition coefficient (Wildman–Crippen LogP) is 2.48. The minimum Gasteiger partial charge on any atom is -0.409 e. The second kappa shape index (κ2) is 5.83. The monoisotopic (exact) mass is 295 g/mol. The number of nitrogens with one attached hydrogen (secondary N) is 1. The third-order valence-electron chi connectivity index (χ3n) is 4.18. The summed E-state index contributed by atoms with van der Waals surface area (Å²) < 4.78 is 0. The highest BCUT2D eigenvalue weighted by Crippen LogP contribution is 2.32. The number of aryl methyl sites for hydroxylation is 1. The minimum atomic E-state index is -0.716. The van der Waals surface area contributed by atoms with Gasteiger partial charge in [0.2, 0.25) is 0 Å². The van der Waals surface area contributed by atoms with Gasteiger partial charge in [0, 0.05) is 5.38 Å². The van der Waals surface area contributed by atoms with Crippen LogP contribution in [0.15, 0.2) is 15.9 Å². The summed E-state index contributed by atoms with van der Waals surface area (Å²) in [6.07, 6.45) is 3.33. The Bertz CT molecular complexity index is 516. The maximum Gasteiger partial charge on any atom is 0.253 e. The van der Waals surface area contributed by atoms with E-state index in [0.29, 0.717) is 24.3 Å². The molecule has 0 spiro atoms. The molecule has 1 heterocycles. The van der Waals surface area contributed by atoms with Crippen molar-refractivity contribution in [2.75, 3.05) is 0 Å². The van der Waals surface area contributed by atoms with E-state index in [2.05, 4.69) is 17.4 Å². The maximum atomic E-state index is 12.4. The Morgan fingerprint density at radius 3 is 2.65 bits per heavy atom. The molecule has 1 fully saturated rings. The van der Waals surface area contributed by atoms with Crippen molar-refractivity contribution in [2.45, 2.75) is 45.1 Å². The molecule has 0 unspecified atom stereocenters. The Morgan fingerprint density at radius 2 is 2.15 bits per heavy atom. The van der Waals surface area contributed by atoms with E-state index in [-0.39, 0.29) is 11.7 Å². The molecular weight excluding hydrogens is 274 g/mol. The van der Waals surface area contributed by atoms with Gasteiger partial charge in [-0.1, -0.05) is 12.1 Å². The van der Waals surface area contributed by atoms with Gasteiger partial charge >= 0.3 is 0 Å². The molecule has 1 saturated carbocycles. The Labute approximate surface area is 122 Å². The summed E-state index contributed by atoms with van der Waals surface area (Å²) in [7, 11) is 0. The lowest BCUT2D eigenvalue weighted by Crippen LogP contribution is -2.59. The fraction of sp³-hybridized carbons (Fsp3) is 0.571. The molecule has 5 nitrogen and oxygen atoms in total. The Hall–Kier alpha value is -1.56. The third kappa shape index (κ3) is 2.80. The molecule has 0 radical (unpaired) electrons. The average molecular weight is 295 g/mol. The fourth-order valence-corrected chi connectivity index (χ4v) is 3.50. The zero-order chi connectivity index (χ0) is 14.8. The number of hydrogen-bond donors (Lipinski definition) is 3. The van der Waals surface area contributed by atoms with Gasteiger partial charge < -0.3 is 16.3 Å². The number of amidine groups is 1. The van der Waals surface area contributed by atoms with E-state index >= 15 is 0 Å². The van der Waals surface area contributed by atoms with Crippen LogP contribution in [0.3, 0.4) is 0 Å². The summed E-state index contributed by atoms with van der Waals surface area (Å²) in [5.41, 5.74) is 6.76. The first-order valence-corrected chi connectivity index (χ1v) is 7.76. The predicted molar refractivity (Wildman–Crippen MR) is 80.3 cm³/mol. The van der Waals surface area contributed by atoms with E-state index in [0.717, 1.165) is 18.4 Å². The van der Waals surface area contributed by atoms with Crippen molar-refractivity contribution in [3.8, 4) is 0 Å². The molecule has 20 heavy (non-hydrogen) atoms. The van der Waals surface area contributed by atoms with Crippen LogP contribution >= 0.6 is 11.3 Å². The standard InChI is InChI=1S/C14H21N3O2S/c1-9-3-5-14(6-4-9,13(15)17-19)16-12(18)11-8-20-7-10(11)2/h7-9,19H,3-6H2,1-2H3,(H2,15,17)(H,16,18). The largest absolute Gasteiger partial charge is 0.409 e. The summed E-state index contributed by atoms with van der Waals surface area (Å²) in [6, 6.07) is 0. The quantitative estimate of drug-likeness (QED) is 0.346. The van der Waals surface area contributed by atoms with E-state index in [9.17, 15) is 4.79 Å². The summed E-state index contributed by atoms with van der Waals surface area (Å²) >= 11 is 1.50. The van der Waals surface area contributed by atoms with Crippen molar-refractivity contribution >= 4 is 23.1 Å². The summed E-state index contributed by atoms with van der Waals surface area (Å²) in [5.74, 6) is 0.560. The van der Waals surface area contributed by atoms with Crippen LogP contribution in [0.1, 0.15) is 48.5 Å². The number of carbonyl (C=O) groups is 1. The minimum absolute atomic E-state index is 0.102. The molecule has 1 aromatic rings. The van der Waals surface area contributed by atoms with Crippen LogP contribution in [0.2, 0.25) is 0 Å². The molecule has 1 aromatic heterocycles. The average Bonchev–Trinajstić information content (AvgIpc) is 2.87. The van der Waals surface area contributed by atoms with Gasteiger partial charge in [-0.2, -0.15) is 11.3 Å². The van der Waals surface area contributed by atoms with Crippen molar-refractivity contribution < 1.29 is 10.0 Å². The first-order chi connectivity index (χ1) is 9.48. The van der Waals surface area contributed by atoms with Crippen molar-refractivity contribution in [1.29, 1.82) is 0 Å². The summed E-state index contributed by atoms with van der Waals surface area (Å²) in [6.45, 7) is 4.09. The lowest BCUT2D eigenvalue weighted by Gasteiger charge is -2.38. The second-order valence-electron chi connectivity index (χ2n) is 5.67. The van der Waals surface area contributed by atoms with Gasteiger partial charge in [0.1, 0.15) is 5.54 Å². The van der Waals surface area contributed by atoms with Crippen LogP contribution in [-0.2, 0) is 0 Å². The first-order valence-electron chi connectivity index (χ1n) is 6.82. The molecule has 4 N–H and O–H groups in total. The van der Waals surface area contributed by atoms with Crippen LogP contribution in [0.5, 0.6) is 0 Å². The number of hydrogen-bond acceptors (Lipinski definition) is 4. The van der Waals surface area contributed by atoms with E-state index in [1.165, 1.54) is 11.3 Å². The smallest absolute Gasteiger partial charge is 0.253 e. The Kier molecular flexibility index (Phi) is 4.32. The highest BCUT2D eigenvalue weighted by Gasteiger charge is 2.40. The van der Waals surface area contributed by atoms with Crippen LogP contribution in [0, 0.1) is 12.8 Å². The zero-order valence-electron chi connectivity index (χ0n) is 11.8. The SMILES string of the molecule is Cc1cscc1C(=O)NC1(C(N)=NO)CCC(C)CC1. The summed E-state index contributed by atoms with van der Waals surface area (Å²) in [5, 5.41) is 18.9. The number of carbonyl (C=O) groups excluding carboxylic acids is 1. The molecule has 0 aromatic carbocycles. The lowest BCUT2D eigenvalue weighted by atomic mass is 9.76. The van der Waals surface area contributed by atoms with E-state index < -0.39 is 5.54 Å². The molecule has 110 valence electrons. The number of oxime groups is 1. The molecule has 0 saturated heterocycles. The third-order valence-corrected chi connectivity index (χ3v) is 5.04. The van der Waals surface area contributed by atoms with Crippen LogP contribution in [0.4, 0.5) is 0 Å². The van der Waals surface area contributed by atoms with Gasteiger partial charge in [0.05, 0.1) is 5.56 Å². The normalized spacial score (nSPS) is 27.3. The van der Waals surface area contributed by atoms with E-state index in [1.807, 2.05) is 17.7 Å². The van der Waals surface area contributed by atoms with Gasteiger partial charge in [0.15, 0.2) is 5.84 Å². The highest BCUT2D eigenvalue weighted by molar-refractivity contribution is 7.08. The second-order valence-corrected chi connectivity index (χ2v) is 6.42. The van der Waals surface area contributed by atoms with Crippen molar-refractivity contribution in [2.24, 2.45) is 16.8 Å². The summed E-state index contributed by atoms with van der Waals surface area (Å²) in [4.78, 5) is 12.4. The van der Waals surface area contributed by atoms with Gasteiger partial charge in [-0.05, 0) is 49.5 Å². The van der Waals surface area contributed by atoms with E-state index in [1.54, 1.807) is 0 Å². The van der Waals surface area contributed by atoms with Gasteiger partial charge in [-0.25, -0.2) is 0 Å². The molecule has 1 aliphatic carbocycles. The first kappa shape index (κ1) is 14.8. The van der Waals surface area contributed by atoms with Crippen LogP contribution in [0.25, 0.3) is 0 Å². The Morgan fingerprint density at radius 1 is 1.50 bits per heavy atom. The number of nitrogens with zero attached hydrogens (tertiary/aromatic N) is 1. The lowest BCUT2D eigenvalue weighted by molar-refractivity contribution is 0.0897. The van der Waals surface area contributed by atoms with Crippen LogP contribution in [-0.4, -0.2) is 22.5 Å². The zero-order valence-corrected chi connectivity index (χ0v) is 12.7. The topological polar surface area (TPSA) is 87.7 Å². The van der Waals surface area contributed by atoms with Crippen molar-refractivity contribution in [3.63, 3.8) is 0 Å². The molecule has 1 aliphatic rings. The fourth-order valence-electron chi connectivity index (χ4n) is 2.67. The van der Waals surface area contributed by atoms with Gasteiger partial charge in [-0.15, -0.1) is 0 Å². The van der Waals surface area contributed by atoms with Crippen LogP contribution < -0.4 is 11.1 Å². The number of amides is 1. The van der Waals surface area contributed by atoms with Crippen molar-refractivity contribution in [1.82, 2.24) is 5.32 Å². The number of rotatable bonds is 3. The molecular formula is C14H21N3O2S. The van der Waals surface area contributed by atoms with Gasteiger partial charge in [0.25, 0.3) is 5.91 Å². The molecule has 2 rings (SSSR count). The maximum absolute atomic E-state index is 12.4. The molecule has 0 bridgehead atoms. The molecule has 0 aliphatic heterocycles. The number of thiophene rings is 1. The van der Waals surface area contributed by atoms with Gasteiger partial charge in [-0.3, -0.25) is 4.79 Å². The van der Waals surface area contributed by atoms with E-state index in [4.69, 9.17) is 10.9 Å².